The Bertz CT molecular complexity index is 340. The number of carbonyl (C=O) groups is 2. The Morgan fingerprint density at radius 1 is 1.27 bits per heavy atom. The molecule has 1 aromatic carbocycles. The van der Waals surface area contributed by atoms with Crippen LogP contribution in [-0.2, 0) is 9.59 Å². The number of halogens is 1. The molecule has 0 spiro atoms. The van der Waals surface area contributed by atoms with Gasteiger partial charge in [0.15, 0.2) is 0 Å². The second-order valence-electron chi connectivity index (χ2n) is 2.55. The summed E-state index contributed by atoms with van der Waals surface area (Å²) in [5.74, 6) is -0.922. The first-order chi connectivity index (χ1) is 7.02. The van der Waals surface area contributed by atoms with Gasteiger partial charge in [-0.2, -0.15) is 0 Å². The lowest BCUT2D eigenvalue weighted by Crippen LogP contribution is -1.85. The van der Waals surface area contributed by atoms with Crippen molar-refractivity contribution < 1.29 is 14.7 Å². The average Bonchev–Trinajstić information content (AvgIpc) is 2.15. The minimum atomic E-state index is -0.922. The van der Waals surface area contributed by atoms with Crippen LogP contribution >= 0.6 is 11.6 Å². The van der Waals surface area contributed by atoms with Gasteiger partial charge in [-0.05, 0) is 23.2 Å². The van der Waals surface area contributed by atoms with Crippen LogP contribution in [0.25, 0.3) is 6.08 Å². The standard InChI is InChI=1S/C9H8O2.C2H3ClO/c10-9(11)7-6-8-4-2-1-3-5-8;1-2(3)4/h1-7H,(H,10,11);1H3. The number of aliphatic carboxylic acids is 1. The number of carbonyl (C=O) groups excluding carboxylic acids is 1. The summed E-state index contributed by atoms with van der Waals surface area (Å²) in [6.07, 6.45) is 2.68. The highest BCUT2D eigenvalue weighted by Gasteiger charge is 1.85. The van der Waals surface area contributed by atoms with Crippen molar-refractivity contribution in [3.05, 3.63) is 42.0 Å². The SMILES string of the molecule is CC(=O)Cl.O=C(O)C=Cc1ccccc1. The van der Waals surface area contributed by atoms with E-state index < -0.39 is 5.97 Å². The smallest absolute Gasteiger partial charge is 0.328 e. The number of rotatable bonds is 2. The summed E-state index contributed by atoms with van der Waals surface area (Å²) >= 11 is 4.64. The van der Waals surface area contributed by atoms with Crippen molar-refractivity contribution in [2.45, 2.75) is 6.92 Å². The van der Waals surface area contributed by atoms with Gasteiger partial charge in [0, 0.05) is 13.0 Å². The molecule has 1 aromatic rings. The molecule has 0 aliphatic carbocycles. The molecule has 0 aliphatic heterocycles. The fourth-order valence-electron chi connectivity index (χ4n) is 0.732. The normalized spacial score (nSPS) is 9.20. The van der Waals surface area contributed by atoms with Crippen LogP contribution in [0.4, 0.5) is 0 Å². The molecule has 0 amide bonds. The quantitative estimate of drug-likeness (QED) is 0.623. The monoisotopic (exact) mass is 226 g/mol. The number of benzene rings is 1. The van der Waals surface area contributed by atoms with Gasteiger partial charge >= 0.3 is 5.97 Å². The molecule has 0 atom stereocenters. The predicted octanol–water partition coefficient (Wildman–Crippen LogP) is 2.56. The van der Waals surface area contributed by atoms with Gasteiger partial charge in [0.1, 0.15) is 0 Å². The largest absolute Gasteiger partial charge is 0.478 e. The highest BCUT2D eigenvalue weighted by Crippen LogP contribution is 1.99. The molecule has 0 heterocycles. The summed E-state index contributed by atoms with van der Waals surface area (Å²) in [5.41, 5.74) is 0.898. The van der Waals surface area contributed by atoms with Gasteiger partial charge in [0.2, 0.25) is 5.24 Å². The molecule has 15 heavy (non-hydrogen) atoms. The number of hydrogen-bond acceptors (Lipinski definition) is 2. The van der Waals surface area contributed by atoms with Crippen LogP contribution in [0.1, 0.15) is 12.5 Å². The molecule has 1 rings (SSSR count). The Labute approximate surface area is 93.0 Å². The first-order valence-electron chi connectivity index (χ1n) is 4.14. The zero-order valence-corrected chi connectivity index (χ0v) is 8.94. The van der Waals surface area contributed by atoms with Gasteiger partial charge in [-0.25, -0.2) is 4.79 Å². The van der Waals surface area contributed by atoms with Crippen LogP contribution < -0.4 is 0 Å². The molecule has 1 N–H and O–H groups in total. The molecular weight excluding hydrogens is 216 g/mol. The molecule has 0 radical (unpaired) electrons. The zero-order chi connectivity index (χ0) is 11.7. The van der Waals surface area contributed by atoms with E-state index in [1.165, 1.54) is 6.92 Å². The molecule has 0 saturated heterocycles. The number of hydrogen-bond donors (Lipinski definition) is 1. The van der Waals surface area contributed by atoms with Crippen molar-refractivity contribution in [3.8, 4) is 0 Å². The Balaban J connectivity index is 0.000000423. The van der Waals surface area contributed by atoms with Gasteiger partial charge < -0.3 is 5.11 Å². The minimum absolute atomic E-state index is 0.361. The van der Waals surface area contributed by atoms with Crippen LogP contribution in [0.5, 0.6) is 0 Å². The van der Waals surface area contributed by atoms with Crippen molar-refractivity contribution >= 4 is 28.9 Å². The lowest BCUT2D eigenvalue weighted by molar-refractivity contribution is -0.131. The Morgan fingerprint density at radius 2 is 1.73 bits per heavy atom. The number of carboxylic acid groups (broad SMARTS) is 1. The lowest BCUT2D eigenvalue weighted by atomic mass is 10.2. The summed E-state index contributed by atoms with van der Waals surface area (Å²) in [7, 11) is 0. The van der Waals surface area contributed by atoms with Crippen molar-refractivity contribution in [2.75, 3.05) is 0 Å². The molecular formula is C11H11ClO3. The molecule has 0 aliphatic rings. The van der Waals surface area contributed by atoms with E-state index in [9.17, 15) is 9.59 Å². The fraction of sp³-hybridized carbons (Fsp3) is 0.0909. The average molecular weight is 227 g/mol. The van der Waals surface area contributed by atoms with Crippen LogP contribution in [0.2, 0.25) is 0 Å². The van der Waals surface area contributed by atoms with E-state index >= 15 is 0 Å². The highest BCUT2D eigenvalue weighted by molar-refractivity contribution is 6.62. The molecule has 0 saturated carbocycles. The molecule has 0 unspecified atom stereocenters. The summed E-state index contributed by atoms with van der Waals surface area (Å²) in [5, 5.41) is 7.93. The van der Waals surface area contributed by atoms with E-state index in [1.54, 1.807) is 6.08 Å². The maximum atomic E-state index is 10.1. The third kappa shape index (κ3) is 10.3. The van der Waals surface area contributed by atoms with E-state index in [2.05, 4.69) is 11.6 Å². The summed E-state index contributed by atoms with van der Waals surface area (Å²) in [6, 6.07) is 9.31. The van der Waals surface area contributed by atoms with E-state index in [1.807, 2.05) is 30.3 Å². The van der Waals surface area contributed by atoms with Crippen molar-refractivity contribution in [2.24, 2.45) is 0 Å². The highest BCUT2D eigenvalue weighted by atomic mass is 35.5. The number of carboxylic acids is 1. The molecule has 0 aromatic heterocycles. The topological polar surface area (TPSA) is 54.4 Å². The van der Waals surface area contributed by atoms with E-state index in [0.29, 0.717) is 0 Å². The minimum Gasteiger partial charge on any atom is -0.478 e. The summed E-state index contributed by atoms with van der Waals surface area (Å²) < 4.78 is 0. The second kappa shape index (κ2) is 7.76. The molecule has 4 heteroatoms. The van der Waals surface area contributed by atoms with Gasteiger partial charge in [0.05, 0.1) is 0 Å². The second-order valence-corrected chi connectivity index (χ2v) is 3.08. The summed E-state index contributed by atoms with van der Waals surface area (Å²) in [4.78, 5) is 19.3. The van der Waals surface area contributed by atoms with Crippen molar-refractivity contribution in [1.82, 2.24) is 0 Å². The van der Waals surface area contributed by atoms with E-state index in [0.717, 1.165) is 11.6 Å². The molecule has 3 nitrogen and oxygen atoms in total. The van der Waals surface area contributed by atoms with Gasteiger partial charge in [-0.15, -0.1) is 0 Å². The maximum Gasteiger partial charge on any atom is 0.328 e. The first-order valence-corrected chi connectivity index (χ1v) is 4.52. The van der Waals surface area contributed by atoms with Crippen LogP contribution in [-0.4, -0.2) is 16.3 Å². The van der Waals surface area contributed by atoms with Gasteiger partial charge in [-0.1, -0.05) is 30.3 Å². The van der Waals surface area contributed by atoms with Crippen molar-refractivity contribution in [1.29, 1.82) is 0 Å². The van der Waals surface area contributed by atoms with Gasteiger partial charge in [-0.3, -0.25) is 4.79 Å². The first kappa shape index (κ1) is 13.4. The van der Waals surface area contributed by atoms with E-state index in [-0.39, 0.29) is 5.24 Å². The van der Waals surface area contributed by atoms with Crippen LogP contribution in [0, 0.1) is 0 Å². The zero-order valence-electron chi connectivity index (χ0n) is 8.18. The fourth-order valence-corrected chi connectivity index (χ4v) is 0.732. The molecule has 0 fully saturated rings. The lowest BCUT2D eigenvalue weighted by Gasteiger charge is -1.87. The Kier molecular flexibility index (Phi) is 6.93. The van der Waals surface area contributed by atoms with Crippen LogP contribution in [0.15, 0.2) is 36.4 Å². The molecule has 0 bridgehead atoms. The predicted molar refractivity (Wildman–Crippen MR) is 59.6 cm³/mol. The Morgan fingerprint density at radius 3 is 2.13 bits per heavy atom. The van der Waals surface area contributed by atoms with Gasteiger partial charge in [0.25, 0.3) is 0 Å². The summed E-state index contributed by atoms with van der Waals surface area (Å²) in [6.45, 7) is 1.29. The van der Waals surface area contributed by atoms with Crippen molar-refractivity contribution in [3.63, 3.8) is 0 Å². The molecule has 80 valence electrons. The van der Waals surface area contributed by atoms with Crippen LogP contribution in [0.3, 0.4) is 0 Å². The maximum absolute atomic E-state index is 10.1. The third-order valence-corrected chi connectivity index (χ3v) is 1.22. The Hall–Kier alpha value is -1.61. The third-order valence-electron chi connectivity index (χ3n) is 1.22. The van der Waals surface area contributed by atoms with E-state index in [4.69, 9.17) is 5.11 Å².